The molecule has 1 N–H and O–H groups in total. The topological polar surface area (TPSA) is 67.1 Å². The molecule has 0 radical (unpaired) electrons. The van der Waals surface area contributed by atoms with Gasteiger partial charge in [-0.25, -0.2) is 9.78 Å². The molecule has 0 aliphatic carbocycles. The summed E-state index contributed by atoms with van der Waals surface area (Å²) in [6.07, 6.45) is 2.74. The van der Waals surface area contributed by atoms with Crippen molar-refractivity contribution in [3.63, 3.8) is 0 Å². The van der Waals surface area contributed by atoms with E-state index in [1.54, 1.807) is 10.6 Å². The zero-order chi connectivity index (χ0) is 14.3. The minimum atomic E-state index is -0.945. The number of carboxylic acid groups (broad SMARTS) is 1. The normalized spacial score (nSPS) is 23.4. The molecule has 108 valence electrons. The predicted octanol–water partition coefficient (Wildman–Crippen LogP) is 2.10. The van der Waals surface area contributed by atoms with E-state index in [4.69, 9.17) is 4.74 Å². The molecule has 0 amide bonds. The monoisotopic (exact) mass is 295 g/mol. The van der Waals surface area contributed by atoms with Crippen molar-refractivity contribution in [2.75, 3.05) is 18.1 Å². The minimum absolute atomic E-state index is 0.0826. The van der Waals surface area contributed by atoms with Crippen molar-refractivity contribution in [3.8, 4) is 0 Å². The predicted molar refractivity (Wildman–Crippen MR) is 76.9 cm³/mol. The maximum absolute atomic E-state index is 11.6. The van der Waals surface area contributed by atoms with Gasteiger partial charge in [-0.15, -0.1) is 11.3 Å². The molecule has 0 saturated carbocycles. The van der Waals surface area contributed by atoms with E-state index >= 15 is 0 Å². The Morgan fingerprint density at radius 2 is 2.45 bits per heavy atom. The summed E-state index contributed by atoms with van der Waals surface area (Å²) in [7, 11) is 0. The van der Waals surface area contributed by atoms with E-state index in [2.05, 4.69) is 16.8 Å². The minimum Gasteiger partial charge on any atom is -0.476 e. The Labute approximate surface area is 120 Å². The summed E-state index contributed by atoms with van der Waals surface area (Å²) < 4.78 is 7.32. The van der Waals surface area contributed by atoms with Crippen molar-refractivity contribution in [2.45, 2.75) is 32.4 Å². The Morgan fingerprint density at radius 1 is 1.65 bits per heavy atom. The maximum atomic E-state index is 11.6. The van der Waals surface area contributed by atoms with Crippen LogP contribution in [0.3, 0.4) is 0 Å². The van der Waals surface area contributed by atoms with Crippen LogP contribution in [0.15, 0.2) is 11.6 Å². The number of hydrogen-bond donors (Lipinski definition) is 1. The number of morpholine rings is 1. The van der Waals surface area contributed by atoms with Gasteiger partial charge in [0.2, 0.25) is 0 Å². The average molecular weight is 295 g/mol. The summed E-state index contributed by atoms with van der Waals surface area (Å²) in [5.41, 5.74) is 0.244. The van der Waals surface area contributed by atoms with Crippen molar-refractivity contribution < 1.29 is 14.6 Å². The molecule has 1 fully saturated rings. The van der Waals surface area contributed by atoms with Crippen molar-refractivity contribution >= 4 is 28.1 Å². The number of thiazole rings is 1. The maximum Gasteiger partial charge on any atom is 0.356 e. The van der Waals surface area contributed by atoms with Gasteiger partial charge >= 0.3 is 5.97 Å². The van der Waals surface area contributed by atoms with Crippen LogP contribution in [-0.2, 0) is 4.74 Å². The lowest BCUT2D eigenvalue weighted by Crippen LogP contribution is -2.49. The van der Waals surface area contributed by atoms with Crippen LogP contribution >= 0.6 is 11.3 Å². The third-order valence-corrected chi connectivity index (χ3v) is 4.41. The molecule has 3 heterocycles. The van der Waals surface area contributed by atoms with Gasteiger partial charge in [-0.05, 0) is 13.3 Å². The molecule has 3 rings (SSSR count). The van der Waals surface area contributed by atoms with Crippen LogP contribution in [0.25, 0.3) is 4.96 Å². The van der Waals surface area contributed by atoms with Gasteiger partial charge in [-0.2, -0.15) is 0 Å². The van der Waals surface area contributed by atoms with Crippen LogP contribution in [0.5, 0.6) is 0 Å². The Hall–Kier alpha value is -1.60. The summed E-state index contributed by atoms with van der Waals surface area (Å²) in [5, 5.41) is 11.4. The van der Waals surface area contributed by atoms with Crippen LogP contribution in [-0.4, -0.2) is 45.8 Å². The van der Waals surface area contributed by atoms with Gasteiger partial charge in [0.25, 0.3) is 0 Å². The number of aromatic nitrogens is 2. The van der Waals surface area contributed by atoms with Crippen LogP contribution in [0.1, 0.15) is 30.8 Å². The summed E-state index contributed by atoms with van der Waals surface area (Å²) in [6, 6.07) is 0.175. The number of imidazole rings is 1. The fraction of sp³-hybridized carbons (Fsp3) is 0.538. The highest BCUT2D eigenvalue weighted by molar-refractivity contribution is 7.15. The van der Waals surface area contributed by atoms with E-state index in [1.807, 2.05) is 12.3 Å². The van der Waals surface area contributed by atoms with Crippen molar-refractivity contribution in [1.29, 1.82) is 0 Å². The fourth-order valence-electron chi connectivity index (χ4n) is 2.62. The van der Waals surface area contributed by atoms with Crippen LogP contribution in [0, 0.1) is 0 Å². The van der Waals surface area contributed by atoms with Gasteiger partial charge in [0, 0.05) is 18.1 Å². The Morgan fingerprint density at radius 3 is 3.15 bits per heavy atom. The highest BCUT2D eigenvalue weighted by Crippen LogP contribution is 2.29. The molecular formula is C13H17N3O3S. The molecule has 6 nitrogen and oxygen atoms in total. The number of fused-ring (bicyclic) bond motifs is 1. The summed E-state index contributed by atoms with van der Waals surface area (Å²) in [6.45, 7) is 5.36. The van der Waals surface area contributed by atoms with E-state index < -0.39 is 5.97 Å². The van der Waals surface area contributed by atoms with Crippen LogP contribution in [0.4, 0.5) is 5.82 Å². The van der Waals surface area contributed by atoms with Gasteiger partial charge in [-0.1, -0.05) is 6.92 Å². The summed E-state index contributed by atoms with van der Waals surface area (Å²) in [5.74, 6) is -0.383. The molecule has 1 aliphatic heterocycles. The number of rotatable bonds is 3. The second kappa shape index (κ2) is 5.06. The number of carboxylic acids is 1. The summed E-state index contributed by atoms with van der Waals surface area (Å²) >= 11 is 1.44. The number of anilines is 1. The van der Waals surface area contributed by atoms with Gasteiger partial charge in [0.15, 0.2) is 16.5 Å². The molecule has 1 aliphatic rings. The lowest BCUT2D eigenvalue weighted by Gasteiger charge is -2.38. The summed E-state index contributed by atoms with van der Waals surface area (Å²) in [4.78, 5) is 18.9. The lowest BCUT2D eigenvalue weighted by atomic mass is 10.1. The molecule has 2 aromatic heterocycles. The number of ether oxygens (including phenoxy) is 1. The second-order valence-corrected chi connectivity index (χ2v) is 5.88. The van der Waals surface area contributed by atoms with Gasteiger partial charge in [0.05, 0.1) is 18.8 Å². The number of aromatic carboxylic acids is 1. The van der Waals surface area contributed by atoms with Gasteiger partial charge in [-0.3, -0.25) is 4.40 Å². The Balaban J connectivity index is 2.09. The number of carbonyl (C=O) groups is 1. The molecule has 2 atom stereocenters. The molecule has 1 saturated heterocycles. The molecular weight excluding hydrogens is 278 g/mol. The average Bonchev–Trinajstić information content (AvgIpc) is 2.97. The zero-order valence-corrected chi connectivity index (χ0v) is 12.3. The highest BCUT2D eigenvalue weighted by Gasteiger charge is 2.32. The Kier molecular flexibility index (Phi) is 3.39. The molecule has 0 aromatic carbocycles. The van der Waals surface area contributed by atoms with Crippen molar-refractivity contribution in [2.24, 2.45) is 0 Å². The van der Waals surface area contributed by atoms with Crippen molar-refractivity contribution in [1.82, 2.24) is 9.38 Å². The molecule has 20 heavy (non-hydrogen) atoms. The van der Waals surface area contributed by atoms with Crippen LogP contribution in [0.2, 0.25) is 0 Å². The molecule has 2 unspecified atom stereocenters. The highest BCUT2D eigenvalue weighted by atomic mass is 32.1. The zero-order valence-electron chi connectivity index (χ0n) is 11.4. The first-order chi connectivity index (χ1) is 9.61. The van der Waals surface area contributed by atoms with E-state index in [1.165, 1.54) is 11.3 Å². The SMILES string of the molecule is CCC1COC(C)CN1c1nc2sccn2c1C(=O)O. The lowest BCUT2D eigenvalue weighted by molar-refractivity contribution is 0.0294. The number of nitrogens with zero attached hydrogens (tertiary/aromatic N) is 3. The Bertz CT molecular complexity index is 636. The fourth-order valence-corrected chi connectivity index (χ4v) is 3.32. The molecule has 2 aromatic rings. The van der Waals surface area contributed by atoms with Crippen LogP contribution < -0.4 is 4.90 Å². The third kappa shape index (κ3) is 2.06. The van der Waals surface area contributed by atoms with E-state index in [-0.39, 0.29) is 17.8 Å². The number of hydrogen-bond acceptors (Lipinski definition) is 5. The molecule has 7 heteroatoms. The first kappa shape index (κ1) is 13.4. The van der Waals surface area contributed by atoms with Gasteiger partial charge < -0.3 is 14.7 Å². The van der Waals surface area contributed by atoms with E-state index in [0.717, 1.165) is 6.42 Å². The quantitative estimate of drug-likeness (QED) is 0.939. The largest absolute Gasteiger partial charge is 0.476 e. The second-order valence-electron chi connectivity index (χ2n) is 5.00. The standard InChI is InChI=1S/C13H17N3O3S/c1-3-9-7-19-8(2)6-16(9)11-10(12(17)18)15-4-5-20-13(15)14-11/h4-5,8-9H,3,6-7H2,1-2H3,(H,17,18). The van der Waals surface area contributed by atoms with Gasteiger partial charge in [0.1, 0.15) is 0 Å². The smallest absolute Gasteiger partial charge is 0.356 e. The van der Waals surface area contributed by atoms with E-state index in [9.17, 15) is 9.90 Å². The molecule has 0 bridgehead atoms. The van der Waals surface area contributed by atoms with E-state index in [0.29, 0.717) is 23.9 Å². The first-order valence-electron chi connectivity index (χ1n) is 6.69. The van der Waals surface area contributed by atoms with Crippen molar-refractivity contribution in [3.05, 3.63) is 17.3 Å². The molecule has 0 spiro atoms. The third-order valence-electron chi connectivity index (χ3n) is 3.66. The first-order valence-corrected chi connectivity index (χ1v) is 7.56.